The molecule has 0 spiro atoms. The highest BCUT2D eigenvalue weighted by molar-refractivity contribution is 8.01. The molecule has 90 valence electrons. The van der Waals surface area contributed by atoms with Crippen molar-refractivity contribution in [3.05, 3.63) is 40.9 Å². The highest BCUT2D eigenvalue weighted by Gasteiger charge is 2.11. The lowest BCUT2D eigenvalue weighted by Gasteiger charge is -2.13. The summed E-state index contributed by atoms with van der Waals surface area (Å²) < 4.78 is 1.05. The first kappa shape index (κ1) is 12.9. The Kier molecular flexibility index (Phi) is 4.88. The third kappa shape index (κ3) is 3.72. The molecular weight excluding hydrogens is 268 g/mol. The Morgan fingerprint density at radius 1 is 1.29 bits per heavy atom. The van der Waals surface area contributed by atoms with Crippen molar-refractivity contribution in [3.63, 3.8) is 0 Å². The molecule has 0 N–H and O–H groups in total. The van der Waals surface area contributed by atoms with E-state index in [0.29, 0.717) is 5.92 Å². The van der Waals surface area contributed by atoms with Crippen molar-refractivity contribution < 1.29 is 0 Å². The summed E-state index contributed by atoms with van der Waals surface area (Å²) in [7, 11) is 0. The number of hydrogen-bond donors (Lipinski definition) is 1. The van der Waals surface area contributed by atoms with Crippen molar-refractivity contribution in [2.45, 2.75) is 17.2 Å². The van der Waals surface area contributed by atoms with E-state index < -0.39 is 0 Å². The monoisotopic (exact) mass is 282 g/mol. The van der Waals surface area contributed by atoms with Gasteiger partial charge in [-0.1, -0.05) is 53.4 Å². The fourth-order valence-electron chi connectivity index (χ4n) is 1.49. The quantitative estimate of drug-likeness (QED) is 0.669. The standard InChI is InChI=1S/C12H14N2S3/c1-9-13-14-12(17-9)16-8-11(7-15)10-5-3-2-4-6-10/h2-6,11,15H,7-8H2,1H3. The van der Waals surface area contributed by atoms with Crippen molar-refractivity contribution in [3.8, 4) is 0 Å². The Morgan fingerprint density at radius 2 is 2.06 bits per heavy atom. The van der Waals surface area contributed by atoms with Gasteiger partial charge >= 0.3 is 0 Å². The van der Waals surface area contributed by atoms with Crippen LogP contribution in [0.25, 0.3) is 0 Å². The van der Waals surface area contributed by atoms with Gasteiger partial charge < -0.3 is 0 Å². The molecule has 0 aliphatic rings. The maximum absolute atomic E-state index is 4.43. The molecule has 2 rings (SSSR count). The largest absolute Gasteiger partial charge is 0.179 e. The number of nitrogens with zero attached hydrogens (tertiary/aromatic N) is 2. The number of thioether (sulfide) groups is 1. The van der Waals surface area contributed by atoms with Crippen LogP contribution in [0.4, 0.5) is 0 Å². The van der Waals surface area contributed by atoms with Gasteiger partial charge in [0, 0.05) is 11.7 Å². The summed E-state index contributed by atoms with van der Waals surface area (Å²) in [4.78, 5) is 0. The van der Waals surface area contributed by atoms with Gasteiger partial charge in [0.05, 0.1) is 0 Å². The SMILES string of the molecule is Cc1nnc(SCC(CS)c2ccccc2)s1. The van der Waals surface area contributed by atoms with Crippen LogP contribution < -0.4 is 0 Å². The molecule has 5 heteroatoms. The third-order valence-electron chi connectivity index (χ3n) is 2.41. The number of aromatic nitrogens is 2. The summed E-state index contributed by atoms with van der Waals surface area (Å²) in [5.74, 6) is 2.32. The highest BCUT2D eigenvalue weighted by Crippen LogP contribution is 2.28. The first-order chi connectivity index (χ1) is 8.29. The van der Waals surface area contributed by atoms with Crippen molar-refractivity contribution in [1.29, 1.82) is 0 Å². The Morgan fingerprint density at radius 3 is 2.65 bits per heavy atom. The van der Waals surface area contributed by atoms with E-state index in [-0.39, 0.29) is 0 Å². The summed E-state index contributed by atoms with van der Waals surface area (Å²) >= 11 is 7.85. The van der Waals surface area contributed by atoms with E-state index in [1.54, 1.807) is 23.1 Å². The molecule has 2 aromatic rings. The van der Waals surface area contributed by atoms with Crippen LogP contribution in [-0.2, 0) is 0 Å². The average molecular weight is 282 g/mol. The molecule has 0 saturated heterocycles. The second kappa shape index (κ2) is 6.42. The van der Waals surface area contributed by atoms with E-state index in [2.05, 4.69) is 47.1 Å². The lowest BCUT2D eigenvalue weighted by atomic mass is 10.0. The first-order valence-electron chi connectivity index (χ1n) is 5.38. The summed E-state index contributed by atoms with van der Waals surface area (Å²) in [5.41, 5.74) is 1.34. The van der Waals surface area contributed by atoms with Crippen LogP contribution in [0.2, 0.25) is 0 Å². The molecule has 1 unspecified atom stereocenters. The van der Waals surface area contributed by atoms with Gasteiger partial charge in [-0.3, -0.25) is 0 Å². The molecule has 0 amide bonds. The van der Waals surface area contributed by atoms with Crippen molar-refractivity contribution in [2.75, 3.05) is 11.5 Å². The zero-order chi connectivity index (χ0) is 12.1. The molecule has 0 saturated carbocycles. The zero-order valence-corrected chi connectivity index (χ0v) is 12.1. The van der Waals surface area contributed by atoms with Crippen LogP contribution in [0.15, 0.2) is 34.7 Å². The lowest BCUT2D eigenvalue weighted by Crippen LogP contribution is -2.03. The molecule has 0 aliphatic carbocycles. The van der Waals surface area contributed by atoms with Crippen LogP contribution in [0.3, 0.4) is 0 Å². The minimum absolute atomic E-state index is 0.466. The molecule has 0 radical (unpaired) electrons. The Labute approximate surface area is 115 Å². The Balaban J connectivity index is 1.97. The van der Waals surface area contributed by atoms with Gasteiger partial charge in [-0.2, -0.15) is 12.6 Å². The summed E-state index contributed by atoms with van der Waals surface area (Å²) in [6.07, 6.45) is 0. The predicted molar refractivity (Wildman–Crippen MR) is 78.4 cm³/mol. The van der Waals surface area contributed by atoms with Crippen LogP contribution in [0.1, 0.15) is 16.5 Å². The van der Waals surface area contributed by atoms with Crippen LogP contribution in [0.5, 0.6) is 0 Å². The fourth-order valence-corrected chi connectivity index (χ4v) is 3.97. The van der Waals surface area contributed by atoms with Crippen molar-refractivity contribution >= 4 is 35.7 Å². The zero-order valence-electron chi connectivity index (χ0n) is 9.54. The van der Waals surface area contributed by atoms with Gasteiger partial charge in [0.1, 0.15) is 5.01 Å². The molecule has 0 aliphatic heterocycles. The number of thiol groups is 1. The van der Waals surface area contributed by atoms with Crippen LogP contribution in [0, 0.1) is 6.92 Å². The van der Waals surface area contributed by atoms with Crippen LogP contribution >= 0.6 is 35.7 Å². The number of rotatable bonds is 5. The molecule has 2 nitrogen and oxygen atoms in total. The van der Waals surface area contributed by atoms with Crippen LogP contribution in [-0.4, -0.2) is 21.7 Å². The Bertz CT molecular complexity index is 456. The molecule has 1 heterocycles. The molecular formula is C12H14N2S3. The molecule has 1 aromatic heterocycles. The maximum atomic E-state index is 4.43. The summed E-state index contributed by atoms with van der Waals surface area (Å²) in [6, 6.07) is 10.5. The third-order valence-corrected chi connectivity index (χ3v) is 4.98. The van der Waals surface area contributed by atoms with Crippen molar-refractivity contribution in [2.24, 2.45) is 0 Å². The van der Waals surface area contributed by atoms with Crippen molar-refractivity contribution in [1.82, 2.24) is 10.2 Å². The fraction of sp³-hybridized carbons (Fsp3) is 0.333. The average Bonchev–Trinajstić information content (AvgIpc) is 2.77. The van der Waals surface area contributed by atoms with Gasteiger partial charge in [-0.25, -0.2) is 0 Å². The van der Waals surface area contributed by atoms with E-state index in [4.69, 9.17) is 0 Å². The maximum Gasteiger partial charge on any atom is 0.174 e. The second-order valence-electron chi connectivity index (χ2n) is 3.69. The molecule has 0 bridgehead atoms. The summed E-state index contributed by atoms with van der Waals surface area (Å²) in [6.45, 7) is 1.98. The van der Waals surface area contributed by atoms with Gasteiger partial charge in [0.25, 0.3) is 0 Å². The number of aryl methyl sites for hydroxylation is 1. The smallest absolute Gasteiger partial charge is 0.174 e. The minimum Gasteiger partial charge on any atom is -0.179 e. The second-order valence-corrected chi connectivity index (χ2v) is 6.50. The van der Waals surface area contributed by atoms with Gasteiger partial charge in [-0.05, 0) is 18.2 Å². The van der Waals surface area contributed by atoms with Gasteiger partial charge in [0.15, 0.2) is 4.34 Å². The topological polar surface area (TPSA) is 25.8 Å². The summed E-state index contributed by atoms with van der Waals surface area (Å²) in [5, 5.41) is 9.17. The van der Waals surface area contributed by atoms with E-state index in [1.807, 2.05) is 13.0 Å². The molecule has 17 heavy (non-hydrogen) atoms. The van der Waals surface area contributed by atoms with E-state index in [9.17, 15) is 0 Å². The molecule has 1 aromatic carbocycles. The number of benzene rings is 1. The predicted octanol–water partition coefficient (Wildman–Crippen LogP) is 3.65. The minimum atomic E-state index is 0.466. The normalized spacial score (nSPS) is 12.6. The van der Waals surface area contributed by atoms with E-state index in [1.165, 1.54) is 5.56 Å². The van der Waals surface area contributed by atoms with E-state index >= 15 is 0 Å². The first-order valence-corrected chi connectivity index (χ1v) is 7.81. The molecule has 0 fully saturated rings. The molecule has 1 atom stereocenters. The van der Waals surface area contributed by atoms with Gasteiger partial charge in [-0.15, -0.1) is 10.2 Å². The lowest BCUT2D eigenvalue weighted by molar-refractivity contribution is 0.894. The van der Waals surface area contributed by atoms with E-state index in [0.717, 1.165) is 20.9 Å². The number of hydrogen-bond acceptors (Lipinski definition) is 5. The Hall–Kier alpha value is -0.520. The van der Waals surface area contributed by atoms with Gasteiger partial charge in [0.2, 0.25) is 0 Å². The highest BCUT2D eigenvalue weighted by atomic mass is 32.2.